The van der Waals surface area contributed by atoms with E-state index in [2.05, 4.69) is 40.7 Å². The maximum Gasteiger partial charge on any atom is 0.0598 e. The molecule has 0 amide bonds. The van der Waals surface area contributed by atoms with Crippen LogP contribution in [0.3, 0.4) is 0 Å². The number of H-pyrrole nitrogens is 1. The standard InChI is InChI=1S/C10H7NS.C6H12O/c1-2-4-8-7(3-1)10-9(11-8)5-6-12-10;7-6-4-2-1-3-5-6/h1-6,11H;6-7H,1-5H2. The first kappa shape index (κ1) is 12.7. The number of rotatable bonds is 0. The van der Waals surface area contributed by atoms with Gasteiger partial charge in [-0.3, -0.25) is 0 Å². The topological polar surface area (TPSA) is 36.0 Å². The van der Waals surface area contributed by atoms with Crippen LogP contribution in [0.2, 0.25) is 0 Å². The average Bonchev–Trinajstić information content (AvgIpc) is 3.00. The Bertz CT molecular complexity index is 648. The zero-order chi connectivity index (χ0) is 13.1. The number of aliphatic hydroxyl groups excluding tert-OH is 1. The first-order valence-corrected chi connectivity index (χ1v) is 7.84. The summed E-state index contributed by atoms with van der Waals surface area (Å²) >= 11 is 1.79. The molecule has 0 aliphatic heterocycles. The summed E-state index contributed by atoms with van der Waals surface area (Å²) in [5, 5.41) is 12.4. The lowest BCUT2D eigenvalue weighted by atomic mass is 9.98. The van der Waals surface area contributed by atoms with E-state index in [-0.39, 0.29) is 6.10 Å². The molecule has 4 rings (SSSR count). The average molecular weight is 273 g/mol. The quantitative estimate of drug-likeness (QED) is 0.612. The van der Waals surface area contributed by atoms with Crippen LogP contribution in [0.4, 0.5) is 0 Å². The number of aromatic amines is 1. The summed E-state index contributed by atoms with van der Waals surface area (Å²) in [6.45, 7) is 0. The fraction of sp³-hybridized carbons (Fsp3) is 0.375. The Labute approximate surface area is 117 Å². The molecule has 0 spiro atoms. The molecule has 2 N–H and O–H groups in total. The molecule has 1 fully saturated rings. The van der Waals surface area contributed by atoms with Gasteiger partial charge in [0.25, 0.3) is 0 Å². The molecule has 3 heteroatoms. The first-order valence-electron chi connectivity index (χ1n) is 6.96. The van der Waals surface area contributed by atoms with Crippen molar-refractivity contribution in [1.82, 2.24) is 4.98 Å². The van der Waals surface area contributed by atoms with Crippen LogP contribution in [0.1, 0.15) is 32.1 Å². The number of aliphatic hydroxyl groups is 1. The minimum Gasteiger partial charge on any atom is -0.393 e. The molecule has 0 atom stereocenters. The SMILES string of the molecule is OC1CCCCC1.c1ccc2c(c1)[nH]c1ccsc12. The van der Waals surface area contributed by atoms with E-state index in [0.717, 1.165) is 12.8 Å². The molecule has 0 saturated heterocycles. The van der Waals surface area contributed by atoms with Gasteiger partial charge in [-0.05, 0) is 30.4 Å². The summed E-state index contributed by atoms with van der Waals surface area (Å²) in [6.07, 6.45) is 5.92. The summed E-state index contributed by atoms with van der Waals surface area (Å²) < 4.78 is 1.37. The highest BCUT2D eigenvalue weighted by Gasteiger charge is 2.07. The second-order valence-electron chi connectivity index (χ2n) is 5.13. The lowest BCUT2D eigenvalue weighted by Crippen LogP contribution is -2.09. The van der Waals surface area contributed by atoms with Crippen LogP contribution >= 0.6 is 11.3 Å². The molecule has 1 aromatic carbocycles. The summed E-state index contributed by atoms with van der Waals surface area (Å²) in [4.78, 5) is 3.37. The van der Waals surface area contributed by atoms with Crippen molar-refractivity contribution in [2.24, 2.45) is 0 Å². The van der Waals surface area contributed by atoms with Gasteiger partial charge in [0, 0.05) is 10.9 Å². The number of aromatic nitrogens is 1. The Hall–Kier alpha value is -1.32. The van der Waals surface area contributed by atoms with Gasteiger partial charge in [-0.15, -0.1) is 11.3 Å². The van der Waals surface area contributed by atoms with Gasteiger partial charge < -0.3 is 10.1 Å². The van der Waals surface area contributed by atoms with Gasteiger partial charge in [0.05, 0.1) is 16.3 Å². The number of hydrogen-bond acceptors (Lipinski definition) is 2. The Morgan fingerprint density at radius 2 is 1.79 bits per heavy atom. The van der Waals surface area contributed by atoms with E-state index in [1.54, 1.807) is 11.3 Å². The third-order valence-electron chi connectivity index (χ3n) is 3.68. The molecule has 1 aliphatic rings. The van der Waals surface area contributed by atoms with Gasteiger partial charge in [0.15, 0.2) is 0 Å². The van der Waals surface area contributed by atoms with E-state index >= 15 is 0 Å². The van der Waals surface area contributed by atoms with Crippen molar-refractivity contribution >= 4 is 32.5 Å². The molecule has 0 unspecified atom stereocenters. The minimum absolute atomic E-state index is 0.0359. The predicted octanol–water partition coefficient (Wildman–Crippen LogP) is 4.69. The number of benzene rings is 1. The largest absolute Gasteiger partial charge is 0.393 e. The second kappa shape index (κ2) is 5.76. The number of hydrogen-bond donors (Lipinski definition) is 2. The van der Waals surface area contributed by atoms with E-state index < -0.39 is 0 Å². The third-order valence-corrected chi connectivity index (χ3v) is 4.63. The third kappa shape index (κ3) is 2.82. The van der Waals surface area contributed by atoms with Crippen molar-refractivity contribution < 1.29 is 5.11 Å². The predicted molar refractivity (Wildman–Crippen MR) is 82.8 cm³/mol. The molecule has 2 heterocycles. The summed E-state index contributed by atoms with van der Waals surface area (Å²) in [5.41, 5.74) is 2.49. The molecule has 3 aromatic rings. The van der Waals surface area contributed by atoms with Crippen LogP contribution < -0.4 is 0 Å². The van der Waals surface area contributed by atoms with Crippen molar-refractivity contribution in [1.29, 1.82) is 0 Å². The number of para-hydroxylation sites is 1. The van der Waals surface area contributed by atoms with Gasteiger partial charge in [-0.1, -0.05) is 37.5 Å². The van der Waals surface area contributed by atoms with Gasteiger partial charge in [0.2, 0.25) is 0 Å². The van der Waals surface area contributed by atoms with Crippen molar-refractivity contribution in [3.8, 4) is 0 Å². The zero-order valence-electron chi connectivity index (χ0n) is 10.9. The Morgan fingerprint density at radius 3 is 2.53 bits per heavy atom. The fourth-order valence-electron chi connectivity index (χ4n) is 2.63. The molecule has 2 nitrogen and oxygen atoms in total. The van der Waals surface area contributed by atoms with E-state index in [0.29, 0.717) is 0 Å². The molecule has 1 aliphatic carbocycles. The molecule has 0 bridgehead atoms. The first-order chi connectivity index (χ1) is 9.34. The lowest BCUT2D eigenvalue weighted by molar-refractivity contribution is 0.130. The van der Waals surface area contributed by atoms with E-state index in [9.17, 15) is 0 Å². The summed E-state index contributed by atoms with van der Waals surface area (Å²) in [6, 6.07) is 10.5. The van der Waals surface area contributed by atoms with Crippen LogP contribution in [-0.2, 0) is 0 Å². The smallest absolute Gasteiger partial charge is 0.0598 e. The molecular formula is C16H19NOS. The summed E-state index contributed by atoms with van der Waals surface area (Å²) in [7, 11) is 0. The molecule has 100 valence electrons. The van der Waals surface area contributed by atoms with Crippen LogP contribution in [0.15, 0.2) is 35.7 Å². The molecule has 2 aromatic heterocycles. The Kier molecular flexibility index (Phi) is 3.85. The van der Waals surface area contributed by atoms with Crippen molar-refractivity contribution in [2.75, 3.05) is 0 Å². The number of thiophene rings is 1. The zero-order valence-corrected chi connectivity index (χ0v) is 11.7. The highest BCUT2D eigenvalue weighted by molar-refractivity contribution is 7.18. The minimum atomic E-state index is 0.0359. The maximum atomic E-state index is 8.91. The molecule has 1 saturated carbocycles. The van der Waals surface area contributed by atoms with Crippen LogP contribution in [0.25, 0.3) is 21.1 Å². The molecular weight excluding hydrogens is 254 g/mol. The second-order valence-corrected chi connectivity index (χ2v) is 6.04. The fourth-order valence-corrected chi connectivity index (χ4v) is 3.52. The molecule has 19 heavy (non-hydrogen) atoms. The van der Waals surface area contributed by atoms with Crippen LogP contribution in [-0.4, -0.2) is 16.2 Å². The monoisotopic (exact) mass is 273 g/mol. The van der Waals surface area contributed by atoms with Crippen LogP contribution in [0.5, 0.6) is 0 Å². The van der Waals surface area contributed by atoms with Gasteiger partial charge in [0.1, 0.15) is 0 Å². The van der Waals surface area contributed by atoms with Crippen LogP contribution in [0, 0.1) is 0 Å². The Morgan fingerprint density at radius 1 is 1.00 bits per heavy atom. The lowest BCUT2D eigenvalue weighted by Gasteiger charge is -2.14. The highest BCUT2D eigenvalue weighted by atomic mass is 32.1. The normalized spacial score (nSPS) is 16.5. The van der Waals surface area contributed by atoms with Gasteiger partial charge in [-0.25, -0.2) is 0 Å². The van der Waals surface area contributed by atoms with Crippen molar-refractivity contribution in [3.63, 3.8) is 0 Å². The number of fused-ring (bicyclic) bond motifs is 3. The summed E-state index contributed by atoms with van der Waals surface area (Å²) in [5.74, 6) is 0. The van der Waals surface area contributed by atoms with E-state index in [1.807, 2.05) is 0 Å². The number of nitrogens with one attached hydrogen (secondary N) is 1. The van der Waals surface area contributed by atoms with E-state index in [1.165, 1.54) is 40.4 Å². The van der Waals surface area contributed by atoms with Crippen molar-refractivity contribution in [3.05, 3.63) is 35.7 Å². The Balaban J connectivity index is 0.000000136. The van der Waals surface area contributed by atoms with E-state index in [4.69, 9.17) is 5.11 Å². The highest BCUT2D eigenvalue weighted by Crippen LogP contribution is 2.29. The molecule has 0 radical (unpaired) electrons. The van der Waals surface area contributed by atoms with Crippen molar-refractivity contribution in [2.45, 2.75) is 38.2 Å². The van der Waals surface area contributed by atoms with Gasteiger partial charge in [-0.2, -0.15) is 0 Å². The maximum absolute atomic E-state index is 8.91. The van der Waals surface area contributed by atoms with Gasteiger partial charge >= 0.3 is 0 Å².